The molecule has 0 bridgehead atoms. The van der Waals surface area contributed by atoms with Gasteiger partial charge in [-0.15, -0.1) is 0 Å². The number of esters is 1. The molecule has 0 fully saturated rings. The van der Waals surface area contributed by atoms with E-state index in [0.29, 0.717) is 17.9 Å². The number of hydrogen-bond acceptors (Lipinski definition) is 8. The topological polar surface area (TPSA) is 145 Å². The van der Waals surface area contributed by atoms with Crippen LogP contribution in [0, 0.1) is 12.3 Å². The van der Waals surface area contributed by atoms with Crippen molar-refractivity contribution in [2.45, 2.75) is 149 Å². The molecule has 0 saturated carbocycles. The first-order chi connectivity index (χ1) is 24.6. The molecule has 2 aromatic rings. The van der Waals surface area contributed by atoms with E-state index >= 15 is 0 Å². The highest BCUT2D eigenvalue weighted by atomic mass is 32.2. The van der Waals surface area contributed by atoms with Gasteiger partial charge in [-0.3, -0.25) is 14.4 Å². The zero-order chi connectivity index (χ0) is 38.7. The van der Waals surface area contributed by atoms with E-state index in [-0.39, 0.29) is 27.6 Å². The van der Waals surface area contributed by atoms with Crippen LogP contribution in [0.25, 0.3) is 0 Å². The van der Waals surface area contributed by atoms with Crippen molar-refractivity contribution < 1.29 is 37.1 Å². The van der Waals surface area contributed by atoms with Gasteiger partial charge in [0, 0.05) is 11.1 Å². The number of ketones is 1. The molecule has 0 radical (unpaired) electrons. The molecule has 10 nitrogen and oxygen atoms in total. The monoisotopic (exact) mass is 742 g/mol. The average Bonchev–Trinajstić information content (AvgIpc) is 3.09. The number of ether oxygens (including phenoxy) is 2. The van der Waals surface area contributed by atoms with Crippen LogP contribution in [0.3, 0.4) is 0 Å². The maximum absolute atomic E-state index is 13.4. The maximum Gasteiger partial charge on any atom is 0.338 e. The molecule has 0 aromatic heterocycles. The Morgan fingerprint density at radius 3 is 1.81 bits per heavy atom. The summed E-state index contributed by atoms with van der Waals surface area (Å²) in [6.07, 6.45) is 15.7. The largest absolute Gasteiger partial charge is 0.471 e. The molecule has 0 aliphatic carbocycles. The van der Waals surface area contributed by atoms with Crippen molar-refractivity contribution in [3.63, 3.8) is 0 Å². The lowest BCUT2D eigenvalue weighted by Crippen LogP contribution is -2.39. The number of aryl methyl sites for hydroxylation is 1. The predicted octanol–water partition coefficient (Wildman–Crippen LogP) is 9.39. The van der Waals surface area contributed by atoms with Crippen LogP contribution >= 0.6 is 0 Å². The van der Waals surface area contributed by atoms with Crippen molar-refractivity contribution in [1.82, 2.24) is 0 Å². The van der Waals surface area contributed by atoms with E-state index in [1.165, 1.54) is 109 Å². The fourth-order valence-electron chi connectivity index (χ4n) is 5.45. The highest BCUT2D eigenvalue weighted by Crippen LogP contribution is 2.31. The van der Waals surface area contributed by atoms with Crippen molar-refractivity contribution >= 4 is 44.8 Å². The quantitative estimate of drug-likeness (QED) is 0.0615. The molecule has 52 heavy (non-hydrogen) atoms. The van der Waals surface area contributed by atoms with E-state index in [1.54, 1.807) is 39.8 Å². The molecular weight excluding hydrogens is 681 g/mol. The van der Waals surface area contributed by atoms with Crippen molar-refractivity contribution in [3.8, 4) is 5.75 Å². The van der Waals surface area contributed by atoms with Gasteiger partial charge in [-0.1, -0.05) is 124 Å². The first-order valence-electron chi connectivity index (χ1n) is 19.0. The number of carbonyl (C=O) groups excluding carboxylic acids is 4. The number of unbranched alkanes of at least 4 members (excludes halogenated alkanes) is 13. The SMILES string of the molecule is CCCCCCCCCCCCCCCCOC(=O)c1ccc(C)c(NC(=O)C(Oc2ccc(S(=O)(=O)CC)cc2NC(=O)C(C)(C)C)C(C)=O)c1. The number of nitrogens with one attached hydrogen (secondary N) is 2. The summed E-state index contributed by atoms with van der Waals surface area (Å²) in [5.41, 5.74) is 0.381. The van der Waals surface area contributed by atoms with Crippen LogP contribution in [-0.4, -0.2) is 50.4 Å². The molecule has 0 saturated heterocycles. The van der Waals surface area contributed by atoms with Gasteiger partial charge in [-0.2, -0.15) is 0 Å². The van der Waals surface area contributed by atoms with E-state index in [0.717, 1.165) is 19.3 Å². The van der Waals surface area contributed by atoms with Gasteiger partial charge in [0.2, 0.25) is 12.0 Å². The lowest BCUT2D eigenvalue weighted by atomic mass is 9.95. The van der Waals surface area contributed by atoms with Gasteiger partial charge < -0.3 is 20.1 Å². The second-order valence-electron chi connectivity index (χ2n) is 14.6. The van der Waals surface area contributed by atoms with Crippen molar-refractivity contribution in [3.05, 3.63) is 47.5 Å². The molecule has 2 rings (SSSR count). The third-order valence-corrected chi connectivity index (χ3v) is 10.7. The van der Waals surface area contributed by atoms with E-state index in [1.807, 2.05) is 0 Å². The van der Waals surface area contributed by atoms with Gasteiger partial charge in [0.05, 0.1) is 28.5 Å². The number of carbonyl (C=O) groups is 4. The zero-order valence-corrected chi connectivity index (χ0v) is 33.3. The van der Waals surface area contributed by atoms with Crippen molar-refractivity contribution in [2.24, 2.45) is 5.41 Å². The van der Waals surface area contributed by atoms with Gasteiger partial charge in [-0.25, -0.2) is 13.2 Å². The highest BCUT2D eigenvalue weighted by Gasteiger charge is 2.29. The van der Waals surface area contributed by atoms with Crippen LogP contribution in [0.5, 0.6) is 5.75 Å². The first kappa shape index (κ1) is 44.4. The molecular formula is C41H62N2O8S. The van der Waals surface area contributed by atoms with Crippen LogP contribution in [-0.2, 0) is 29.0 Å². The van der Waals surface area contributed by atoms with Gasteiger partial charge in [0.25, 0.3) is 5.91 Å². The Morgan fingerprint density at radius 1 is 0.731 bits per heavy atom. The maximum atomic E-state index is 13.4. The Labute approximate surface area is 312 Å². The second-order valence-corrected chi connectivity index (χ2v) is 16.9. The Balaban J connectivity index is 1.95. The molecule has 2 amide bonds. The minimum absolute atomic E-state index is 0.00762. The Hall–Kier alpha value is -3.73. The molecule has 0 spiro atoms. The van der Waals surface area contributed by atoms with Crippen LogP contribution in [0.2, 0.25) is 0 Å². The summed E-state index contributed by atoms with van der Waals surface area (Å²) in [5, 5.41) is 5.36. The fraction of sp³-hybridized carbons (Fsp3) is 0.610. The molecule has 11 heteroatoms. The summed E-state index contributed by atoms with van der Waals surface area (Å²) >= 11 is 0. The molecule has 0 aliphatic heterocycles. The molecule has 0 heterocycles. The minimum atomic E-state index is -3.64. The standard InChI is InChI=1S/C41H62N2O8S/c1-8-10-11-12-13-14-15-16-17-18-19-20-21-22-27-50-39(46)32-24-23-30(3)34(28-32)42-38(45)37(31(4)44)51-36-26-25-33(52(48,49)9-2)29-35(36)43-40(47)41(5,6)7/h23-26,28-29,37H,8-22,27H2,1-7H3,(H,42,45)(H,43,47). The summed E-state index contributed by atoms with van der Waals surface area (Å²) in [6.45, 7) is 12.1. The van der Waals surface area contributed by atoms with E-state index in [2.05, 4.69) is 17.6 Å². The van der Waals surface area contributed by atoms with Gasteiger partial charge >= 0.3 is 5.97 Å². The number of anilines is 2. The summed E-state index contributed by atoms with van der Waals surface area (Å²) in [6, 6.07) is 8.66. The Morgan fingerprint density at radius 2 is 1.29 bits per heavy atom. The predicted molar refractivity (Wildman–Crippen MR) is 208 cm³/mol. The number of benzene rings is 2. The summed E-state index contributed by atoms with van der Waals surface area (Å²) < 4.78 is 36.5. The van der Waals surface area contributed by atoms with Gasteiger partial charge in [-0.05, 0) is 56.2 Å². The number of rotatable bonds is 24. The molecule has 0 aliphatic rings. The van der Waals surface area contributed by atoms with E-state index in [4.69, 9.17) is 9.47 Å². The number of amides is 2. The molecule has 2 aromatic carbocycles. The lowest BCUT2D eigenvalue weighted by molar-refractivity contribution is -0.133. The smallest absolute Gasteiger partial charge is 0.338 e. The number of hydrogen-bond donors (Lipinski definition) is 2. The zero-order valence-electron chi connectivity index (χ0n) is 32.5. The highest BCUT2D eigenvalue weighted by molar-refractivity contribution is 7.91. The van der Waals surface area contributed by atoms with Gasteiger partial charge in [0.1, 0.15) is 5.75 Å². The summed E-state index contributed by atoms with van der Waals surface area (Å²) in [4.78, 5) is 51.7. The molecule has 2 N–H and O–H groups in total. The van der Waals surface area contributed by atoms with Crippen molar-refractivity contribution in [1.29, 1.82) is 0 Å². The van der Waals surface area contributed by atoms with Crippen LogP contribution in [0.4, 0.5) is 11.4 Å². The molecule has 290 valence electrons. The van der Waals surface area contributed by atoms with Crippen LogP contribution in [0.1, 0.15) is 147 Å². The number of sulfone groups is 1. The third kappa shape index (κ3) is 15.5. The van der Waals surface area contributed by atoms with Crippen LogP contribution < -0.4 is 15.4 Å². The van der Waals surface area contributed by atoms with E-state index < -0.39 is 44.9 Å². The number of Topliss-reactive ketones (excluding diaryl/α,β-unsaturated/α-hetero) is 1. The van der Waals surface area contributed by atoms with Gasteiger partial charge in [0.15, 0.2) is 15.6 Å². The fourth-order valence-corrected chi connectivity index (χ4v) is 6.36. The summed E-state index contributed by atoms with van der Waals surface area (Å²) in [5.74, 6) is -2.58. The first-order valence-corrected chi connectivity index (χ1v) is 20.7. The van der Waals surface area contributed by atoms with E-state index in [9.17, 15) is 27.6 Å². The molecule has 1 unspecified atom stereocenters. The van der Waals surface area contributed by atoms with Crippen molar-refractivity contribution in [2.75, 3.05) is 23.0 Å². The Kier molecular flexibility index (Phi) is 19.1. The lowest BCUT2D eigenvalue weighted by Gasteiger charge is -2.22. The Bertz CT molecular complexity index is 1580. The minimum Gasteiger partial charge on any atom is -0.471 e. The third-order valence-electron chi connectivity index (χ3n) is 8.93. The summed E-state index contributed by atoms with van der Waals surface area (Å²) in [7, 11) is -3.64. The normalized spacial score (nSPS) is 12.2. The second kappa shape index (κ2) is 22.4. The molecule has 1 atom stereocenters. The van der Waals surface area contributed by atoms with Crippen LogP contribution in [0.15, 0.2) is 41.3 Å². The average molecular weight is 743 g/mol.